The highest BCUT2D eigenvalue weighted by atomic mass is 19.1. The van der Waals surface area contributed by atoms with E-state index in [1.807, 2.05) is 12.1 Å². The Labute approximate surface area is 180 Å². The van der Waals surface area contributed by atoms with Gasteiger partial charge in [0.15, 0.2) is 5.82 Å². The molecule has 1 aliphatic rings. The van der Waals surface area contributed by atoms with Gasteiger partial charge in [-0.2, -0.15) is 4.98 Å². The number of fused-ring (bicyclic) bond motifs is 1. The Balaban J connectivity index is 1.69. The van der Waals surface area contributed by atoms with Crippen LogP contribution in [-0.4, -0.2) is 44.6 Å². The summed E-state index contributed by atoms with van der Waals surface area (Å²) < 4.78 is 14.8. The van der Waals surface area contributed by atoms with Gasteiger partial charge in [-0.05, 0) is 50.6 Å². The zero-order valence-electron chi connectivity index (χ0n) is 18.1. The van der Waals surface area contributed by atoms with E-state index >= 15 is 0 Å². The molecule has 0 amide bonds. The van der Waals surface area contributed by atoms with Crippen LogP contribution in [0.5, 0.6) is 0 Å². The summed E-state index contributed by atoms with van der Waals surface area (Å²) in [6, 6.07) is 10.4. The lowest BCUT2D eigenvalue weighted by Gasteiger charge is -2.47. The zero-order chi connectivity index (χ0) is 22.3. The molecule has 2 aromatic heterocycles. The van der Waals surface area contributed by atoms with Crippen molar-refractivity contribution in [3.8, 4) is 0 Å². The van der Waals surface area contributed by atoms with Crippen molar-refractivity contribution >= 4 is 22.7 Å². The number of aryl methyl sites for hydroxylation is 1. The molecule has 1 aliphatic heterocycles. The first kappa shape index (κ1) is 20.9. The lowest BCUT2D eigenvalue weighted by Crippen LogP contribution is -2.57. The molecule has 0 aliphatic carbocycles. The standard InChI is InChI=1S/C23H25FN6O/c1-14-13-30(15(2)12-29(14)16(3)17-6-8-18(24)9-7-17)22-21-19(28(5)23(31)27-22)10-11-20(25-4)26-21/h6-11,14-16H,12-13H2,1-3,5H3/t14-,15+,16?/m1/s1. The minimum atomic E-state index is -0.346. The second-order valence-corrected chi connectivity index (χ2v) is 8.20. The van der Waals surface area contributed by atoms with Crippen molar-refractivity contribution < 1.29 is 4.39 Å². The van der Waals surface area contributed by atoms with Crippen LogP contribution in [0.25, 0.3) is 15.9 Å². The SMILES string of the molecule is [C-]#[N+]c1ccc2c(n1)c(N1C[C@@H](C)N(C(C)c3ccc(F)cc3)C[C@@H]1C)nc(=O)n2C. The molecule has 0 spiro atoms. The van der Waals surface area contributed by atoms with E-state index in [0.29, 0.717) is 23.4 Å². The minimum Gasteiger partial charge on any atom is -0.361 e. The maximum absolute atomic E-state index is 13.3. The first-order valence-corrected chi connectivity index (χ1v) is 10.3. The lowest BCUT2D eigenvalue weighted by atomic mass is 10.0. The smallest absolute Gasteiger partial charge is 0.350 e. The molecule has 0 saturated carbocycles. The first-order chi connectivity index (χ1) is 14.8. The van der Waals surface area contributed by atoms with Gasteiger partial charge in [-0.25, -0.2) is 9.18 Å². The summed E-state index contributed by atoms with van der Waals surface area (Å²) in [6.45, 7) is 15.1. The summed E-state index contributed by atoms with van der Waals surface area (Å²) in [5, 5.41) is 0. The number of nitrogens with zero attached hydrogens (tertiary/aromatic N) is 6. The van der Waals surface area contributed by atoms with Crippen LogP contribution in [0.2, 0.25) is 0 Å². The third-order valence-electron chi connectivity index (χ3n) is 6.19. The maximum Gasteiger partial charge on any atom is 0.350 e. The minimum absolute atomic E-state index is 0.0697. The van der Waals surface area contributed by atoms with Gasteiger partial charge in [0.05, 0.1) is 5.52 Å². The molecule has 0 radical (unpaired) electrons. The highest BCUT2D eigenvalue weighted by Gasteiger charge is 2.35. The van der Waals surface area contributed by atoms with Crippen LogP contribution in [0.1, 0.15) is 32.4 Å². The predicted molar refractivity (Wildman–Crippen MR) is 119 cm³/mol. The number of hydrogen-bond donors (Lipinski definition) is 0. The molecule has 3 heterocycles. The zero-order valence-corrected chi connectivity index (χ0v) is 18.1. The number of benzene rings is 1. The van der Waals surface area contributed by atoms with Crippen LogP contribution < -0.4 is 10.6 Å². The summed E-state index contributed by atoms with van der Waals surface area (Å²) >= 11 is 0. The van der Waals surface area contributed by atoms with E-state index in [1.54, 1.807) is 19.2 Å². The predicted octanol–water partition coefficient (Wildman–Crippen LogP) is 3.68. The molecule has 160 valence electrons. The molecule has 8 heteroatoms. The largest absolute Gasteiger partial charge is 0.361 e. The van der Waals surface area contributed by atoms with Gasteiger partial charge >= 0.3 is 5.69 Å². The molecule has 3 atom stereocenters. The van der Waals surface area contributed by atoms with Gasteiger partial charge in [0.25, 0.3) is 5.82 Å². The number of aromatic nitrogens is 3. The number of anilines is 1. The van der Waals surface area contributed by atoms with Crippen LogP contribution >= 0.6 is 0 Å². The van der Waals surface area contributed by atoms with E-state index in [1.165, 1.54) is 16.7 Å². The first-order valence-electron chi connectivity index (χ1n) is 10.3. The third-order valence-corrected chi connectivity index (χ3v) is 6.19. The molecule has 3 aromatic rings. The van der Waals surface area contributed by atoms with Crippen molar-refractivity contribution in [2.75, 3.05) is 18.0 Å². The van der Waals surface area contributed by atoms with Crippen molar-refractivity contribution in [1.29, 1.82) is 0 Å². The fourth-order valence-corrected chi connectivity index (χ4v) is 4.38. The second kappa shape index (κ2) is 8.08. The molecule has 1 saturated heterocycles. The summed E-state index contributed by atoms with van der Waals surface area (Å²) in [5.74, 6) is 0.563. The van der Waals surface area contributed by atoms with Gasteiger partial charge in [0.1, 0.15) is 5.82 Å². The molecule has 0 bridgehead atoms. The number of halogens is 1. The van der Waals surface area contributed by atoms with Gasteiger partial charge in [-0.3, -0.25) is 9.47 Å². The Bertz CT molecular complexity index is 1220. The molecular formula is C23H25FN6O. The van der Waals surface area contributed by atoms with Crippen molar-refractivity contribution in [1.82, 2.24) is 19.4 Å². The topological polar surface area (TPSA) is 58.6 Å². The Hall–Kier alpha value is -3.31. The Morgan fingerprint density at radius 3 is 2.48 bits per heavy atom. The highest BCUT2D eigenvalue weighted by Crippen LogP contribution is 2.32. The monoisotopic (exact) mass is 420 g/mol. The second-order valence-electron chi connectivity index (χ2n) is 8.20. The number of rotatable bonds is 3. The van der Waals surface area contributed by atoms with E-state index in [2.05, 4.69) is 45.4 Å². The molecule has 1 unspecified atom stereocenters. The molecule has 0 N–H and O–H groups in total. The average Bonchev–Trinajstić information content (AvgIpc) is 2.77. The molecule has 4 rings (SSSR count). The molecule has 7 nitrogen and oxygen atoms in total. The van der Waals surface area contributed by atoms with Gasteiger partial charge in [0, 0.05) is 38.3 Å². The van der Waals surface area contributed by atoms with Crippen molar-refractivity contribution in [3.63, 3.8) is 0 Å². The summed E-state index contributed by atoms with van der Waals surface area (Å²) in [7, 11) is 1.66. The fourth-order valence-electron chi connectivity index (χ4n) is 4.38. The van der Waals surface area contributed by atoms with Gasteiger partial charge in [-0.1, -0.05) is 18.7 Å². The van der Waals surface area contributed by atoms with Crippen LogP contribution in [0.3, 0.4) is 0 Å². The van der Waals surface area contributed by atoms with Crippen LogP contribution in [0.15, 0.2) is 41.2 Å². The molecule has 1 fully saturated rings. The maximum atomic E-state index is 13.3. The van der Waals surface area contributed by atoms with Gasteiger partial charge in [-0.15, -0.1) is 4.98 Å². The molecular weight excluding hydrogens is 395 g/mol. The van der Waals surface area contributed by atoms with E-state index in [9.17, 15) is 9.18 Å². The van der Waals surface area contributed by atoms with E-state index < -0.39 is 0 Å². The highest BCUT2D eigenvalue weighted by molar-refractivity contribution is 5.87. The molecule has 1 aromatic carbocycles. The summed E-state index contributed by atoms with van der Waals surface area (Å²) in [6.07, 6.45) is 0. The number of pyridine rings is 1. The van der Waals surface area contributed by atoms with Crippen molar-refractivity contribution in [2.45, 2.75) is 38.9 Å². The van der Waals surface area contributed by atoms with Crippen molar-refractivity contribution in [3.05, 3.63) is 69.7 Å². The van der Waals surface area contributed by atoms with E-state index in [0.717, 1.165) is 12.1 Å². The molecule has 31 heavy (non-hydrogen) atoms. The summed E-state index contributed by atoms with van der Waals surface area (Å²) in [5.41, 5.74) is 1.94. The quantitative estimate of drug-likeness (QED) is 0.605. The third kappa shape index (κ3) is 3.77. The van der Waals surface area contributed by atoms with E-state index in [-0.39, 0.29) is 35.5 Å². The van der Waals surface area contributed by atoms with Gasteiger partial charge < -0.3 is 9.74 Å². The van der Waals surface area contributed by atoms with E-state index in [4.69, 9.17) is 6.57 Å². The number of piperazine rings is 1. The van der Waals surface area contributed by atoms with Crippen LogP contribution in [-0.2, 0) is 7.05 Å². The van der Waals surface area contributed by atoms with Crippen molar-refractivity contribution in [2.24, 2.45) is 7.05 Å². The fraction of sp³-hybridized carbons (Fsp3) is 0.391. The average molecular weight is 420 g/mol. The lowest BCUT2D eigenvalue weighted by molar-refractivity contribution is 0.119. The summed E-state index contributed by atoms with van der Waals surface area (Å²) in [4.78, 5) is 29.3. The normalized spacial score (nSPS) is 20.6. The van der Waals surface area contributed by atoms with Gasteiger partial charge in [0.2, 0.25) is 5.52 Å². The number of hydrogen-bond acceptors (Lipinski definition) is 5. The van der Waals surface area contributed by atoms with Crippen LogP contribution in [0, 0.1) is 12.4 Å². The van der Waals surface area contributed by atoms with Crippen LogP contribution in [0.4, 0.5) is 16.0 Å². The Kier molecular flexibility index (Phi) is 5.46. The Morgan fingerprint density at radius 2 is 1.81 bits per heavy atom. The Morgan fingerprint density at radius 1 is 1.10 bits per heavy atom.